The summed E-state index contributed by atoms with van der Waals surface area (Å²) in [5.41, 5.74) is 0.679. The molecular weight excluding hydrogens is 264 g/mol. The van der Waals surface area contributed by atoms with Crippen LogP contribution in [0, 0.1) is 0 Å². The van der Waals surface area contributed by atoms with Crippen molar-refractivity contribution < 1.29 is 14.7 Å². The minimum absolute atomic E-state index is 0.112. The number of thioether (sulfide) groups is 1. The standard InChI is InChI=1S/C13H16N2O3S/c1-19-10-6-11(14-7-10)12(16)15-9-4-2-3-8(5-9)13(17)18/h2-5,10-11,14H,6-7H2,1H3,(H,15,16)(H,17,18)/t10-,11-/m0/s1. The van der Waals surface area contributed by atoms with Gasteiger partial charge in [0.2, 0.25) is 5.91 Å². The van der Waals surface area contributed by atoms with E-state index in [9.17, 15) is 9.59 Å². The van der Waals surface area contributed by atoms with Crippen molar-refractivity contribution in [1.29, 1.82) is 0 Å². The molecule has 0 radical (unpaired) electrons. The fourth-order valence-corrected chi connectivity index (χ4v) is 2.69. The molecule has 2 atom stereocenters. The van der Waals surface area contributed by atoms with Crippen LogP contribution in [0.2, 0.25) is 0 Å². The van der Waals surface area contributed by atoms with Crippen molar-refractivity contribution in [1.82, 2.24) is 5.32 Å². The van der Waals surface area contributed by atoms with Crippen LogP contribution in [-0.2, 0) is 4.79 Å². The van der Waals surface area contributed by atoms with Crippen LogP contribution in [0.5, 0.6) is 0 Å². The van der Waals surface area contributed by atoms with Gasteiger partial charge >= 0.3 is 5.97 Å². The van der Waals surface area contributed by atoms with Crippen LogP contribution in [0.3, 0.4) is 0 Å². The first-order valence-corrected chi connectivity index (χ1v) is 7.29. The van der Waals surface area contributed by atoms with E-state index in [0.717, 1.165) is 13.0 Å². The topological polar surface area (TPSA) is 78.4 Å². The van der Waals surface area contributed by atoms with E-state index < -0.39 is 5.97 Å². The summed E-state index contributed by atoms with van der Waals surface area (Å²) in [5.74, 6) is -1.11. The Morgan fingerprint density at radius 2 is 2.26 bits per heavy atom. The Balaban J connectivity index is 1.99. The van der Waals surface area contributed by atoms with E-state index in [-0.39, 0.29) is 17.5 Å². The van der Waals surface area contributed by atoms with E-state index in [4.69, 9.17) is 5.11 Å². The van der Waals surface area contributed by atoms with Gasteiger partial charge in [0.15, 0.2) is 0 Å². The zero-order valence-corrected chi connectivity index (χ0v) is 11.4. The molecule has 3 N–H and O–H groups in total. The molecule has 0 aromatic heterocycles. The second-order valence-corrected chi connectivity index (χ2v) is 5.57. The Hall–Kier alpha value is -1.53. The van der Waals surface area contributed by atoms with Crippen molar-refractivity contribution in [3.8, 4) is 0 Å². The molecular formula is C13H16N2O3S. The van der Waals surface area contributed by atoms with Gasteiger partial charge < -0.3 is 15.7 Å². The molecule has 6 heteroatoms. The highest BCUT2D eigenvalue weighted by atomic mass is 32.2. The minimum atomic E-state index is -1.00. The first kappa shape index (κ1) is 13.9. The predicted molar refractivity (Wildman–Crippen MR) is 75.7 cm³/mol. The number of nitrogens with one attached hydrogen (secondary N) is 2. The maximum Gasteiger partial charge on any atom is 0.335 e. The number of carbonyl (C=O) groups is 2. The van der Waals surface area contributed by atoms with E-state index in [2.05, 4.69) is 10.6 Å². The number of anilines is 1. The van der Waals surface area contributed by atoms with Gasteiger partial charge in [0.05, 0.1) is 11.6 Å². The lowest BCUT2D eigenvalue weighted by Gasteiger charge is -2.11. The number of carboxylic acid groups (broad SMARTS) is 1. The summed E-state index contributed by atoms with van der Waals surface area (Å²) in [5, 5.41) is 15.3. The Morgan fingerprint density at radius 1 is 1.47 bits per heavy atom. The first-order chi connectivity index (χ1) is 9.10. The molecule has 0 bridgehead atoms. The van der Waals surface area contributed by atoms with Crippen molar-refractivity contribution in [2.75, 3.05) is 18.1 Å². The van der Waals surface area contributed by atoms with Gasteiger partial charge in [-0.15, -0.1) is 0 Å². The Bertz CT molecular complexity index is 493. The van der Waals surface area contributed by atoms with E-state index in [1.54, 1.807) is 23.9 Å². The molecule has 1 heterocycles. The highest BCUT2D eigenvalue weighted by Crippen LogP contribution is 2.19. The molecule has 1 aliphatic rings. The normalized spacial score (nSPS) is 22.2. The van der Waals surface area contributed by atoms with Gasteiger partial charge in [-0.2, -0.15) is 11.8 Å². The Labute approximate surface area is 115 Å². The molecule has 1 aromatic rings. The predicted octanol–water partition coefficient (Wildman–Crippen LogP) is 1.42. The zero-order chi connectivity index (χ0) is 13.8. The average Bonchev–Trinajstić information content (AvgIpc) is 2.88. The van der Waals surface area contributed by atoms with Gasteiger partial charge in [0.25, 0.3) is 0 Å². The number of benzene rings is 1. The molecule has 1 aliphatic heterocycles. The number of carbonyl (C=O) groups excluding carboxylic acids is 1. The quantitative estimate of drug-likeness (QED) is 0.777. The molecule has 19 heavy (non-hydrogen) atoms. The molecule has 1 fully saturated rings. The highest BCUT2D eigenvalue weighted by Gasteiger charge is 2.28. The number of aromatic carboxylic acids is 1. The molecule has 2 rings (SSSR count). The summed E-state index contributed by atoms with van der Waals surface area (Å²) in [6.07, 6.45) is 2.83. The van der Waals surface area contributed by atoms with Crippen LogP contribution in [0.4, 0.5) is 5.69 Å². The number of hydrogen-bond acceptors (Lipinski definition) is 4. The monoisotopic (exact) mass is 280 g/mol. The van der Waals surface area contributed by atoms with Gasteiger partial charge in [-0.25, -0.2) is 4.79 Å². The summed E-state index contributed by atoms with van der Waals surface area (Å²) in [6, 6.07) is 6.06. The molecule has 0 unspecified atom stereocenters. The Kier molecular flexibility index (Phi) is 4.44. The first-order valence-electron chi connectivity index (χ1n) is 6.00. The third-order valence-electron chi connectivity index (χ3n) is 3.12. The van der Waals surface area contributed by atoms with Crippen LogP contribution in [-0.4, -0.2) is 41.1 Å². The summed E-state index contributed by atoms with van der Waals surface area (Å²) in [4.78, 5) is 22.9. The highest BCUT2D eigenvalue weighted by molar-refractivity contribution is 7.99. The summed E-state index contributed by atoms with van der Waals surface area (Å²) in [7, 11) is 0. The van der Waals surface area contributed by atoms with Gasteiger partial charge in [0.1, 0.15) is 0 Å². The van der Waals surface area contributed by atoms with E-state index >= 15 is 0 Å². The molecule has 0 spiro atoms. The van der Waals surface area contributed by atoms with Crippen molar-refractivity contribution in [2.45, 2.75) is 17.7 Å². The fourth-order valence-electron chi connectivity index (χ4n) is 2.04. The van der Waals surface area contributed by atoms with Crippen LogP contribution >= 0.6 is 11.8 Å². The third-order valence-corrected chi connectivity index (χ3v) is 4.14. The Morgan fingerprint density at radius 3 is 2.89 bits per heavy atom. The SMILES string of the molecule is CS[C@@H]1CN[C@H](C(=O)Nc2cccc(C(=O)O)c2)C1. The number of carboxylic acids is 1. The second kappa shape index (κ2) is 6.08. The lowest BCUT2D eigenvalue weighted by Crippen LogP contribution is -2.35. The molecule has 0 saturated carbocycles. The van der Waals surface area contributed by atoms with Crippen molar-refractivity contribution >= 4 is 29.3 Å². The maximum absolute atomic E-state index is 12.0. The molecule has 0 aliphatic carbocycles. The summed E-state index contributed by atoms with van der Waals surface area (Å²) in [6.45, 7) is 0.828. The van der Waals surface area contributed by atoms with Crippen LogP contribution < -0.4 is 10.6 Å². The number of amides is 1. The van der Waals surface area contributed by atoms with Crippen LogP contribution in [0.15, 0.2) is 24.3 Å². The molecule has 1 amide bonds. The van der Waals surface area contributed by atoms with Crippen molar-refractivity contribution in [3.05, 3.63) is 29.8 Å². The lowest BCUT2D eigenvalue weighted by atomic mass is 10.1. The number of rotatable bonds is 4. The molecule has 5 nitrogen and oxygen atoms in total. The lowest BCUT2D eigenvalue weighted by molar-refractivity contribution is -0.117. The summed E-state index contributed by atoms with van der Waals surface area (Å²) < 4.78 is 0. The second-order valence-electron chi connectivity index (χ2n) is 4.43. The van der Waals surface area contributed by atoms with E-state index in [0.29, 0.717) is 10.9 Å². The van der Waals surface area contributed by atoms with Gasteiger partial charge in [-0.3, -0.25) is 4.79 Å². The maximum atomic E-state index is 12.0. The van der Waals surface area contributed by atoms with Crippen molar-refractivity contribution in [3.63, 3.8) is 0 Å². The largest absolute Gasteiger partial charge is 0.478 e. The minimum Gasteiger partial charge on any atom is -0.478 e. The van der Waals surface area contributed by atoms with Crippen LogP contribution in [0.1, 0.15) is 16.8 Å². The molecule has 1 saturated heterocycles. The van der Waals surface area contributed by atoms with E-state index in [1.807, 2.05) is 6.26 Å². The number of hydrogen-bond donors (Lipinski definition) is 3. The molecule has 102 valence electrons. The van der Waals surface area contributed by atoms with Crippen molar-refractivity contribution in [2.24, 2.45) is 0 Å². The smallest absolute Gasteiger partial charge is 0.335 e. The third kappa shape index (κ3) is 3.48. The zero-order valence-electron chi connectivity index (χ0n) is 10.6. The average molecular weight is 280 g/mol. The summed E-state index contributed by atoms with van der Waals surface area (Å²) >= 11 is 1.75. The van der Waals surface area contributed by atoms with Gasteiger partial charge in [-0.1, -0.05) is 6.07 Å². The molecule has 1 aromatic carbocycles. The van der Waals surface area contributed by atoms with Gasteiger partial charge in [0, 0.05) is 17.5 Å². The fraction of sp³-hybridized carbons (Fsp3) is 0.385. The van der Waals surface area contributed by atoms with Crippen LogP contribution in [0.25, 0.3) is 0 Å². The van der Waals surface area contributed by atoms with Gasteiger partial charge in [-0.05, 0) is 30.9 Å². The van der Waals surface area contributed by atoms with E-state index in [1.165, 1.54) is 12.1 Å².